The van der Waals surface area contributed by atoms with Crippen LogP contribution in [0.3, 0.4) is 0 Å². The minimum atomic E-state index is -0.365. The van der Waals surface area contributed by atoms with Crippen LogP contribution in [0.4, 0.5) is 0 Å². The van der Waals surface area contributed by atoms with Gasteiger partial charge in [-0.1, -0.05) is 36.4 Å². The predicted molar refractivity (Wildman–Crippen MR) is 91.4 cm³/mol. The molecule has 120 valence electrons. The highest BCUT2D eigenvalue weighted by Crippen LogP contribution is 2.23. The van der Waals surface area contributed by atoms with Crippen molar-refractivity contribution >= 4 is 23.2 Å². The third-order valence-corrected chi connectivity index (χ3v) is 5.06. The molecule has 23 heavy (non-hydrogen) atoms. The molecule has 2 atom stereocenters. The molecule has 0 spiro atoms. The molecule has 1 aromatic carbocycles. The number of nitrogens with zero attached hydrogens (tertiary/aromatic N) is 1. The minimum Gasteiger partial charge on any atom is -0.348 e. The van der Waals surface area contributed by atoms with E-state index in [1.54, 1.807) is 4.90 Å². The molecule has 1 saturated heterocycles. The van der Waals surface area contributed by atoms with Crippen molar-refractivity contribution < 1.29 is 9.59 Å². The summed E-state index contributed by atoms with van der Waals surface area (Å²) in [6.45, 7) is 2.61. The van der Waals surface area contributed by atoms with Gasteiger partial charge in [-0.15, -0.1) is 11.3 Å². The van der Waals surface area contributed by atoms with Crippen LogP contribution < -0.4 is 5.32 Å². The summed E-state index contributed by atoms with van der Waals surface area (Å²) in [7, 11) is 0. The van der Waals surface area contributed by atoms with Crippen molar-refractivity contribution in [2.75, 3.05) is 6.54 Å². The van der Waals surface area contributed by atoms with Crippen LogP contribution in [-0.4, -0.2) is 29.3 Å². The van der Waals surface area contributed by atoms with Crippen LogP contribution in [0, 0.1) is 0 Å². The highest BCUT2D eigenvalue weighted by molar-refractivity contribution is 7.12. The third kappa shape index (κ3) is 3.45. The topological polar surface area (TPSA) is 49.4 Å². The Kier molecular flexibility index (Phi) is 4.76. The van der Waals surface area contributed by atoms with Crippen LogP contribution in [0.25, 0.3) is 0 Å². The molecule has 5 heteroatoms. The molecule has 0 aliphatic carbocycles. The van der Waals surface area contributed by atoms with E-state index in [0.717, 1.165) is 18.4 Å². The Labute approximate surface area is 140 Å². The maximum absolute atomic E-state index is 12.6. The van der Waals surface area contributed by atoms with Gasteiger partial charge < -0.3 is 10.2 Å². The Morgan fingerprint density at radius 2 is 2.00 bits per heavy atom. The van der Waals surface area contributed by atoms with Crippen molar-refractivity contribution in [1.29, 1.82) is 0 Å². The van der Waals surface area contributed by atoms with Crippen LogP contribution in [0.15, 0.2) is 47.8 Å². The number of nitrogens with one attached hydrogen (secondary N) is 1. The van der Waals surface area contributed by atoms with E-state index in [2.05, 4.69) is 5.32 Å². The molecule has 2 amide bonds. The Morgan fingerprint density at radius 3 is 2.70 bits per heavy atom. The van der Waals surface area contributed by atoms with Gasteiger partial charge >= 0.3 is 0 Å². The van der Waals surface area contributed by atoms with Crippen LogP contribution in [0.5, 0.6) is 0 Å². The largest absolute Gasteiger partial charge is 0.348 e. The first-order valence-electron chi connectivity index (χ1n) is 7.86. The second-order valence-electron chi connectivity index (χ2n) is 5.77. The minimum absolute atomic E-state index is 0.0370. The summed E-state index contributed by atoms with van der Waals surface area (Å²) in [5, 5.41) is 4.92. The van der Waals surface area contributed by atoms with Gasteiger partial charge in [0.05, 0.1) is 10.9 Å². The van der Waals surface area contributed by atoms with E-state index < -0.39 is 0 Å². The number of likely N-dealkylation sites (tertiary alicyclic amines) is 1. The first-order valence-corrected chi connectivity index (χ1v) is 8.74. The Bertz CT molecular complexity index is 670. The van der Waals surface area contributed by atoms with E-state index in [-0.39, 0.29) is 23.9 Å². The normalized spacial score (nSPS) is 18.7. The monoisotopic (exact) mass is 328 g/mol. The zero-order valence-corrected chi connectivity index (χ0v) is 13.9. The van der Waals surface area contributed by atoms with Crippen molar-refractivity contribution in [3.63, 3.8) is 0 Å². The molecule has 3 rings (SSSR count). The van der Waals surface area contributed by atoms with E-state index in [1.165, 1.54) is 11.3 Å². The number of carbonyl (C=O) groups excluding carboxylic acids is 2. The summed E-state index contributed by atoms with van der Waals surface area (Å²) < 4.78 is 0. The summed E-state index contributed by atoms with van der Waals surface area (Å²) >= 11 is 1.42. The zero-order chi connectivity index (χ0) is 16.2. The fraction of sp³-hybridized carbons (Fsp3) is 0.333. The van der Waals surface area contributed by atoms with Gasteiger partial charge in [0.1, 0.15) is 6.04 Å². The van der Waals surface area contributed by atoms with E-state index in [0.29, 0.717) is 11.4 Å². The molecule has 0 bridgehead atoms. The maximum Gasteiger partial charge on any atom is 0.264 e. The molecule has 0 radical (unpaired) electrons. The van der Waals surface area contributed by atoms with Crippen molar-refractivity contribution in [3.8, 4) is 0 Å². The first-order chi connectivity index (χ1) is 11.2. The highest BCUT2D eigenvalue weighted by atomic mass is 32.1. The summed E-state index contributed by atoms with van der Waals surface area (Å²) in [5.74, 6) is -0.103. The molecular formula is C18H20N2O2S. The second-order valence-corrected chi connectivity index (χ2v) is 6.72. The van der Waals surface area contributed by atoms with Crippen LogP contribution in [-0.2, 0) is 4.79 Å². The first kappa shape index (κ1) is 15.7. The Balaban J connectivity index is 1.67. The smallest absolute Gasteiger partial charge is 0.264 e. The summed E-state index contributed by atoms with van der Waals surface area (Å²) in [4.78, 5) is 27.5. The van der Waals surface area contributed by atoms with Crippen LogP contribution in [0.2, 0.25) is 0 Å². The number of thiophene rings is 1. The average molecular weight is 328 g/mol. The third-order valence-electron chi connectivity index (χ3n) is 4.21. The molecular weight excluding hydrogens is 308 g/mol. The standard InChI is InChI=1S/C18H20N2O2S/c1-13(14-7-3-2-4-8-14)19-17(21)15-9-5-11-20(15)18(22)16-10-6-12-23-16/h2-4,6-8,10,12-13,15H,5,9,11H2,1H3,(H,19,21). The highest BCUT2D eigenvalue weighted by Gasteiger charge is 2.35. The number of hydrogen-bond donors (Lipinski definition) is 1. The van der Waals surface area contributed by atoms with E-state index in [9.17, 15) is 9.59 Å². The van der Waals surface area contributed by atoms with E-state index >= 15 is 0 Å². The molecule has 1 aromatic heterocycles. The fourth-order valence-corrected chi connectivity index (χ4v) is 3.64. The fourth-order valence-electron chi connectivity index (χ4n) is 2.96. The Hall–Kier alpha value is -2.14. The summed E-state index contributed by atoms with van der Waals surface area (Å²) in [6, 6.07) is 13.1. The quantitative estimate of drug-likeness (QED) is 0.937. The van der Waals surface area contributed by atoms with Gasteiger partial charge in [0.2, 0.25) is 5.91 Å². The lowest BCUT2D eigenvalue weighted by Gasteiger charge is -2.25. The predicted octanol–water partition coefficient (Wildman–Crippen LogP) is 3.23. The summed E-state index contributed by atoms with van der Waals surface area (Å²) in [6.07, 6.45) is 1.60. The Morgan fingerprint density at radius 1 is 1.22 bits per heavy atom. The van der Waals surface area contributed by atoms with Crippen molar-refractivity contribution in [3.05, 3.63) is 58.3 Å². The van der Waals surface area contributed by atoms with E-state index in [1.807, 2.05) is 54.8 Å². The number of carbonyl (C=O) groups is 2. The van der Waals surface area contributed by atoms with Crippen molar-refractivity contribution in [2.45, 2.75) is 31.8 Å². The van der Waals surface area contributed by atoms with Crippen LogP contribution in [0.1, 0.15) is 41.0 Å². The van der Waals surface area contributed by atoms with Gasteiger partial charge in [-0.3, -0.25) is 9.59 Å². The number of rotatable bonds is 4. The lowest BCUT2D eigenvalue weighted by atomic mass is 10.1. The van der Waals surface area contributed by atoms with Gasteiger partial charge in [0.25, 0.3) is 5.91 Å². The lowest BCUT2D eigenvalue weighted by molar-refractivity contribution is -0.125. The van der Waals surface area contributed by atoms with Gasteiger partial charge in [0, 0.05) is 6.54 Å². The molecule has 1 N–H and O–H groups in total. The van der Waals surface area contributed by atoms with Gasteiger partial charge in [-0.25, -0.2) is 0 Å². The van der Waals surface area contributed by atoms with Gasteiger partial charge in [-0.2, -0.15) is 0 Å². The maximum atomic E-state index is 12.6. The van der Waals surface area contributed by atoms with Gasteiger partial charge in [-0.05, 0) is 36.8 Å². The number of hydrogen-bond acceptors (Lipinski definition) is 3. The van der Waals surface area contributed by atoms with E-state index in [4.69, 9.17) is 0 Å². The number of amides is 2. The lowest BCUT2D eigenvalue weighted by Crippen LogP contribution is -2.46. The van der Waals surface area contributed by atoms with Crippen molar-refractivity contribution in [1.82, 2.24) is 10.2 Å². The number of benzene rings is 1. The molecule has 1 fully saturated rings. The molecule has 2 heterocycles. The molecule has 4 nitrogen and oxygen atoms in total. The SMILES string of the molecule is CC(NC(=O)C1CCCN1C(=O)c1cccs1)c1ccccc1. The molecule has 0 saturated carbocycles. The molecule has 2 unspecified atom stereocenters. The second kappa shape index (κ2) is 6.96. The molecule has 1 aliphatic rings. The molecule has 2 aromatic rings. The van der Waals surface area contributed by atoms with Crippen molar-refractivity contribution in [2.24, 2.45) is 0 Å². The summed E-state index contributed by atoms with van der Waals surface area (Å²) in [5.41, 5.74) is 1.06. The average Bonchev–Trinajstić information content (AvgIpc) is 3.26. The van der Waals surface area contributed by atoms with Gasteiger partial charge in [0.15, 0.2) is 0 Å². The zero-order valence-electron chi connectivity index (χ0n) is 13.1. The van der Waals surface area contributed by atoms with Crippen LogP contribution >= 0.6 is 11.3 Å². The molecule has 1 aliphatic heterocycles.